The first-order valence-electron chi connectivity index (χ1n) is 6.74. The fraction of sp³-hybridized carbons (Fsp3) is 0.533. The van der Waals surface area contributed by atoms with Gasteiger partial charge in [0.15, 0.2) is 0 Å². The predicted octanol–water partition coefficient (Wildman–Crippen LogP) is 3.03. The molecule has 1 fully saturated rings. The minimum Gasteiger partial charge on any atom is -0.491 e. The second kappa shape index (κ2) is 6.02. The van der Waals surface area contributed by atoms with Crippen LogP contribution in [0, 0.1) is 12.8 Å². The number of carboxylic acids is 1. The number of halogens is 1. The number of rotatable bonds is 4. The van der Waals surface area contributed by atoms with Crippen LogP contribution in [0.5, 0.6) is 5.75 Å². The van der Waals surface area contributed by atoms with Crippen molar-refractivity contribution >= 4 is 17.6 Å². The standard InChI is InChI=1S/C15H19ClO4/c1-10-8-12(2-3-13(10)16)20-9-15(19)6-4-11(5-7-15)14(17)18/h2-3,8,11,19H,4-7,9H2,1H3,(H,17,18). The number of ether oxygens (including phenoxy) is 1. The van der Waals surface area contributed by atoms with Crippen LogP contribution < -0.4 is 4.74 Å². The zero-order valence-electron chi connectivity index (χ0n) is 11.4. The van der Waals surface area contributed by atoms with Gasteiger partial charge in [0, 0.05) is 5.02 Å². The molecule has 5 heteroatoms. The Bertz CT molecular complexity index is 493. The van der Waals surface area contributed by atoms with Crippen LogP contribution in [0.25, 0.3) is 0 Å². The van der Waals surface area contributed by atoms with Crippen LogP contribution in [0.1, 0.15) is 31.2 Å². The van der Waals surface area contributed by atoms with Gasteiger partial charge in [-0.3, -0.25) is 4.79 Å². The summed E-state index contributed by atoms with van der Waals surface area (Å²) in [4.78, 5) is 10.9. The molecule has 0 aromatic heterocycles. The quantitative estimate of drug-likeness (QED) is 0.896. The summed E-state index contributed by atoms with van der Waals surface area (Å²) >= 11 is 5.94. The van der Waals surface area contributed by atoms with Crippen LogP contribution in [0.4, 0.5) is 0 Å². The van der Waals surface area contributed by atoms with Gasteiger partial charge in [-0.1, -0.05) is 11.6 Å². The number of hydrogen-bond donors (Lipinski definition) is 2. The van der Waals surface area contributed by atoms with E-state index in [9.17, 15) is 9.90 Å². The van der Waals surface area contributed by atoms with E-state index in [1.54, 1.807) is 12.1 Å². The van der Waals surface area contributed by atoms with Gasteiger partial charge < -0.3 is 14.9 Å². The van der Waals surface area contributed by atoms with Gasteiger partial charge in [0.1, 0.15) is 12.4 Å². The first kappa shape index (κ1) is 15.1. The number of aliphatic hydroxyl groups is 1. The molecule has 0 heterocycles. The predicted molar refractivity (Wildman–Crippen MR) is 76.2 cm³/mol. The van der Waals surface area contributed by atoms with E-state index in [4.69, 9.17) is 21.4 Å². The molecule has 1 aliphatic carbocycles. The first-order valence-corrected chi connectivity index (χ1v) is 7.11. The molecule has 0 bridgehead atoms. The van der Waals surface area contributed by atoms with Gasteiger partial charge >= 0.3 is 5.97 Å². The fourth-order valence-electron chi connectivity index (χ4n) is 2.47. The highest BCUT2D eigenvalue weighted by Gasteiger charge is 2.36. The van der Waals surface area contributed by atoms with Crippen LogP contribution in [0.3, 0.4) is 0 Å². The lowest BCUT2D eigenvalue weighted by atomic mass is 9.79. The third kappa shape index (κ3) is 3.64. The average molecular weight is 299 g/mol. The molecule has 1 aliphatic rings. The molecule has 0 aliphatic heterocycles. The topological polar surface area (TPSA) is 66.8 Å². The highest BCUT2D eigenvalue weighted by Crippen LogP contribution is 2.33. The third-order valence-corrected chi connectivity index (χ3v) is 4.33. The summed E-state index contributed by atoms with van der Waals surface area (Å²) in [5, 5.41) is 20.0. The minimum atomic E-state index is -0.931. The lowest BCUT2D eigenvalue weighted by molar-refractivity contribution is -0.145. The van der Waals surface area contributed by atoms with Crippen molar-refractivity contribution in [3.8, 4) is 5.75 Å². The molecular weight excluding hydrogens is 280 g/mol. The molecule has 1 aromatic rings. The lowest BCUT2D eigenvalue weighted by Crippen LogP contribution is -2.41. The number of carboxylic acid groups (broad SMARTS) is 1. The number of aliphatic carboxylic acids is 1. The zero-order chi connectivity index (χ0) is 14.8. The van der Waals surface area contributed by atoms with Crippen molar-refractivity contribution < 1.29 is 19.7 Å². The minimum absolute atomic E-state index is 0.181. The summed E-state index contributed by atoms with van der Waals surface area (Å²) in [5.41, 5.74) is -0.00908. The molecule has 0 amide bonds. The average Bonchev–Trinajstić information content (AvgIpc) is 2.41. The van der Waals surface area contributed by atoms with Gasteiger partial charge in [0.2, 0.25) is 0 Å². The number of carbonyl (C=O) groups is 1. The Labute approximate surface area is 123 Å². The van der Waals surface area contributed by atoms with Crippen molar-refractivity contribution in [3.63, 3.8) is 0 Å². The van der Waals surface area contributed by atoms with Gasteiger partial charge in [-0.2, -0.15) is 0 Å². The van der Waals surface area contributed by atoms with Gasteiger partial charge in [-0.05, 0) is 56.4 Å². The third-order valence-electron chi connectivity index (χ3n) is 3.90. The van der Waals surface area contributed by atoms with Gasteiger partial charge in [-0.15, -0.1) is 0 Å². The lowest BCUT2D eigenvalue weighted by Gasteiger charge is -2.34. The fourth-order valence-corrected chi connectivity index (χ4v) is 2.59. The van der Waals surface area contributed by atoms with E-state index in [0.717, 1.165) is 5.56 Å². The number of benzene rings is 1. The van der Waals surface area contributed by atoms with E-state index in [0.29, 0.717) is 36.5 Å². The van der Waals surface area contributed by atoms with Gasteiger partial charge in [0.05, 0.1) is 11.5 Å². The van der Waals surface area contributed by atoms with Crippen LogP contribution in [-0.4, -0.2) is 28.4 Å². The molecule has 0 atom stereocenters. The van der Waals surface area contributed by atoms with E-state index < -0.39 is 11.6 Å². The summed E-state index contributed by atoms with van der Waals surface area (Å²) in [6.45, 7) is 2.07. The highest BCUT2D eigenvalue weighted by molar-refractivity contribution is 6.31. The van der Waals surface area contributed by atoms with Crippen molar-refractivity contribution in [2.24, 2.45) is 5.92 Å². The second-order valence-corrected chi connectivity index (χ2v) is 5.94. The molecule has 4 nitrogen and oxygen atoms in total. The molecule has 0 radical (unpaired) electrons. The molecular formula is C15H19ClO4. The summed E-state index contributed by atoms with van der Waals surface area (Å²) in [5.74, 6) is -0.449. The molecule has 110 valence electrons. The zero-order valence-corrected chi connectivity index (χ0v) is 12.2. The maximum absolute atomic E-state index is 10.9. The van der Waals surface area contributed by atoms with E-state index in [-0.39, 0.29) is 12.5 Å². The van der Waals surface area contributed by atoms with Crippen molar-refractivity contribution in [1.82, 2.24) is 0 Å². The van der Waals surface area contributed by atoms with Crippen molar-refractivity contribution in [1.29, 1.82) is 0 Å². The second-order valence-electron chi connectivity index (χ2n) is 5.54. The van der Waals surface area contributed by atoms with Crippen LogP contribution >= 0.6 is 11.6 Å². The summed E-state index contributed by atoms with van der Waals surface area (Å²) in [6, 6.07) is 5.35. The van der Waals surface area contributed by atoms with Gasteiger partial charge in [-0.25, -0.2) is 0 Å². The molecule has 0 spiro atoms. The van der Waals surface area contributed by atoms with Crippen LogP contribution in [0.15, 0.2) is 18.2 Å². The molecule has 1 aromatic carbocycles. The van der Waals surface area contributed by atoms with Crippen molar-refractivity contribution in [2.75, 3.05) is 6.61 Å². The maximum Gasteiger partial charge on any atom is 0.306 e. The SMILES string of the molecule is Cc1cc(OCC2(O)CCC(C(=O)O)CC2)ccc1Cl. The summed E-state index contributed by atoms with van der Waals surface area (Å²) in [6.07, 6.45) is 1.90. The Hall–Kier alpha value is -1.26. The Morgan fingerprint density at radius 1 is 1.45 bits per heavy atom. The monoisotopic (exact) mass is 298 g/mol. The Balaban J connectivity index is 1.90. The summed E-state index contributed by atoms with van der Waals surface area (Å²) in [7, 11) is 0. The number of hydrogen-bond acceptors (Lipinski definition) is 3. The Kier molecular flexibility index (Phi) is 4.55. The van der Waals surface area contributed by atoms with Crippen LogP contribution in [-0.2, 0) is 4.79 Å². The molecule has 20 heavy (non-hydrogen) atoms. The molecule has 0 unspecified atom stereocenters. The smallest absolute Gasteiger partial charge is 0.306 e. The number of aryl methyl sites for hydroxylation is 1. The largest absolute Gasteiger partial charge is 0.491 e. The van der Waals surface area contributed by atoms with Crippen molar-refractivity contribution in [3.05, 3.63) is 28.8 Å². The van der Waals surface area contributed by atoms with Crippen LogP contribution in [0.2, 0.25) is 5.02 Å². The normalized spacial score (nSPS) is 26.2. The van der Waals surface area contributed by atoms with Gasteiger partial charge in [0.25, 0.3) is 0 Å². The molecule has 2 N–H and O–H groups in total. The van der Waals surface area contributed by atoms with E-state index in [1.807, 2.05) is 13.0 Å². The van der Waals surface area contributed by atoms with E-state index >= 15 is 0 Å². The molecule has 2 rings (SSSR count). The Morgan fingerprint density at radius 2 is 2.10 bits per heavy atom. The molecule has 1 saturated carbocycles. The first-order chi connectivity index (χ1) is 9.39. The van der Waals surface area contributed by atoms with E-state index in [1.165, 1.54) is 0 Å². The Morgan fingerprint density at radius 3 is 2.65 bits per heavy atom. The van der Waals surface area contributed by atoms with E-state index in [2.05, 4.69) is 0 Å². The summed E-state index contributed by atoms with van der Waals surface area (Å²) < 4.78 is 5.62. The highest BCUT2D eigenvalue weighted by atomic mass is 35.5. The molecule has 0 saturated heterocycles. The van der Waals surface area contributed by atoms with Crippen molar-refractivity contribution in [2.45, 2.75) is 38.2 Å². The maximum atomic E-state index is 10.9.